The van der Waals surface area contributed by atoms with Crippen molar-refractivity contribution in [3.63, 3.8) is 0 Å². The van der Waals surface area contributed by atoms with Gasteiger partial charge in [-0.1, -0.05) is 42.5 Å². The second kappa shape index (κ2) is 8.65. The molecule has 3 aromatic carbocycles. The highest BCUT2D eigenvalue weighted by molar-refractivity contribution is 7.92. The summed E-state index contributed by atoms with van der Waals surface area (Å²) in [4.78, 5) is 12.6. The fourth-order valence-electron chi connectivity index (χ4n) is 3.45. The van der Waals surface area contributed by atoms with Gasteiger partial charge in [0.15, 0.2) is 0 Å². The van der Waals surface area contributed by atoms with Crippen molar-refractivity contribution in [3.8, 4) is 0 Å². The van der Waals surface area contributed by atoms with Gasteiger partial charge in [0.05, 0.1) is 10.6 Å². The van der Waals surface area contributed by atoms with Crippen molar-refractivity contribution >= 4 is 38.2 Å². The molecule has 1 heterocycles. The first kappa shape index (κ1) is 20.7. The summed E-state index contributed by atoms with van der Waals surface area (Å²) in [5, 5.41) is 3.94. The summed E-state index contributed by atoms with van der Waals surface area (Å²) >= 11 is 0. The summed E-state index contributed by atoms with van der Waals surface area (Å²) in [5.41, 5.74) is 2.09. The number of anilines is 2. The molecule has 0 fully saturated rings. The molecular weight excluding hydrogens is 410 g/mol. The van der Waals surface area contributed by atoms with Crippen molar-refractivity contribution in [2.24, 2.45) is 0 Å². The van der Waals surface area contributed by atoms with E-state index in [0.29, 0.717) is 17.9 Å². The number of aromatic nitrogens is 1. The third-order valence-corrected chi connectivity index (χ3v) is 6.94. The Bertz CT molecular complexity index is 1310. The van der Waals surface area contributed by atoms with Gasteiger partial charge in [-0.25, -0.2) is 8.42 Å². The summed E-state index contributed by atoms with van der Waals surface area (Å²) in [6.07, 6.45) is 2.24. The summed E-state index contributed by atoms with van der Waals surface area (Å²) in [6, 6.07) is 25.2. The van der Waals surface area contributed by atoms with Gasteiger partial charge in [-0.3, -0.25) is 9.10 Å². The number of rotatable bonds is 7. The first-order valence-electron chi connectivity index (χ1n) is 9.93. The number of fused-ring (bicyclic) bond motifs is 1. The molecule has 0 unspecified atom stereocenters. The number of aryl methyl sites for hydroxylation is 1. The van der Waals surface area contributed by atoms with Crippen LogP contribution in [0, 0.1) is 0 Å². The molecule has 0 radical (unpaired) electrons. The molecule has 6 nitrogen and oxygen atoms in total. The molecule has 0 aliphatic heterocycles. The van der Waals surface area contributed by atoms with Crippen LogP contribution in [0.5, 0.6) is 0 Å². The normalized spacial score (nSPS) is 11.4. The Morgan fingerprint density at radius 3 is 2.48 bits per heavy atom. The molecule has 0 aliphatic rings. The molecule has 1 aromatic heterocycles. The van der Waals surface area contributed by atoms with Crippen molar-refractivity contribution in [2.75, 3.05) is 16.7 Å². The highest BCUT2D eigenvalue weighted by Gasteiger charge is 2.21. The molecular formula is C24H23N3O3S. The molecule has 4 aromatic rings. The summed E-state index contributed by atoms with van der Waals surface area (Å²) in [6.45, 7) is 0.536. The van der Waals surface area contributed by atoms with E-state index in [2.05, 4.69) is 5.32 Å². The summed E-state index contributed by atoms with van der Waals surface area (Å²) in [5.74, 6) is -0.177. The average molecular weight is 434 g/mol. The lowest BCUT2D eigenvalue weighted by Gasteiger charge is -2.20. The Hall–Kier alpha value is -3.58. The maximum absolute atomic E-state index is 13.0. The minimum atomic E-state index is -3.74. The van der Waals surface area contributed by atoms with E-state index in [1.54, 1.807) is 36.4 Å². The molecule has 0 spiro atoms. The highest BCUT2D eigenvalue weighted by Crippen LogP contribution is 2.24. The van der Waals surface area contributed by atoms with E-state index >= 15 is 0 Å². The second-order valence-corrected chi connectivity index (χ2v) is 9.17. The van der Waals surface area contributed by atoms with Crippen LogP contribution in [0.4, 0.5) is 11.4 Å². The number of benzene rings is 3. The van der Waals surface area contributed by atoms with E-state index < -0.39 is 10.0 Å². The molecule has 4 rings (SSSR count). The topological polar surface area (TPSA) is 71.4 Å². The number of nitrogens with zero attached hydrogens (tertiary/aromatic N) is 2. The smallest absolute Gasteiger partial charge is 0.264 e. The third kappa shape index (κ3) is 4.46. The van der Waals surface area contributed by atoms with Gasteiger partial charge in [0.25, 0.3) is 10.0 Å². The zero-order chi connectivity index (χ0) is 21.8. The predicted molar refractivity (Wildman–Crippen MR) is 124 cm³/mol. The minimum absolute atomic E-state index is 0.119. The molecule has 0 saturated heterocycles. The van der Waals surface area contributed by atoms with Gasteiger partial charge in [-0.2, -0.15) is 0 Å². The predicted octanol–water partition coefficient (Wildman–Crippen LogP) is 4.50. The van der Waals surface area contributed by atoms with Crippen molar-refractivity contribution in [3.05, 3.63) is 91.1 Å². The zero-order valence-electron chi connectivity index (χ0n) is 17.1. The van der Waals surface area contributed by atoms with Crippen LogP contribution >= 0.6 is 0 Å². The van der Waals surface area contributed by atoms with E-state index in [0.717, 1.165) is 10.9 Å². The molecule has 0 saturated carbocycles. The van der Waals surface area contributed by atoms with Gasteiger partial charge < -0.3 is 9.88 Å². The molecule has 0 atom stereocenters. The van der Waals surface area contributed by atoms with E-state index in [1.807, 2.05) is 47.2 Å². The quantitative estimate of drug-likeness (QED) is 0.467. The number of para-hydroxylation sites is 2. The number of hydrogen-bond donors (Lipinski definition) is 1. The monoisotopic (exact) mass is 433 g/mol. The van der Waals surface area contributed by atoms with E-state index in [1.165, 1.54) is 23.5 Å². The van der Waals surface area contributed by atoms with Gasteiger partial charge in [0.2, 0.25) is 5.91 Å². The van der Waals surface area contributed by atoms with Crippen LogP contribution < -0.4 is 9.62 Å². The Morgan fingerprint density at radius 2 is 1.68 bits per heavy atom. The lowest BCUT2D eigenvalue weighted by molar-refractivity contribution is -0.116. The van der Waals surface area contributed by atoms with Crippen LogP contribution in [0.2, 0.25) is 0 Å². The van der Waals surface area contributed by atoms with Gasteiger partial charge in [0, 0.05) is 37.4 Å². The molecule has 0 aliphatic carbocycles. The van der Waals surface area contributed by atoms with Gasteiger partial charge >= 0.3 is 0 Å². The van der Waals surface area contributed by atoms with Crippen LogP contribution in [-0.2, 0) is 21.4 Å². The standard InChI is InChI=1S/C24H23N3O3S/c1-26(21-10-3-2-4-11-21)31(29,30)22-12-7-9-20(18-22)25-24(28)15-17-27-16-14-19-8-5-6-13-23(19)27/h2-14,16,18H,15,17H2,1H3,(H,25,28). The SMILES string of the molecule is CN(c1ccccc1)S(=O)(=O)c1cccc(NC(=O)CCn2ccc3ccccc32)c1. The lowest BCUT2D eigenvalue weighted by atomic mass is 10.2. The minimum Gasteiger partial charge on any atom is -0.347 e. The summed E-state index contributed by atoms with van der Waals surface area (Å²) < 4.78 is 29.2. The number of carbonyl (C=O) groups excluding carboxylic acids is 1. The maximum atomic E-state index is 13.0. The number of amides is 1. The average Bonchev–Trinajstić information content (AvgIpc) is 3.21. The first-order valence-corrected chi connectivity index (χ1v) is 11.4. The largest absolute Gasteiger partial charge is 0.347 e. The van der Waals surface area contributed by atoms with E-state index in [4.69, 9.17) is 0 Å². The number of hydrogen-bond acceptors (Lipinski definition) is 3. The van der Waals surface area contributed by atoms with Crippen molar-refractivity contribution in [2.45, 2.75) is 17.9 Å². The number of carbonyl (C=O) groups is 1. The lowest BCUT2D eigenvalue weighted by Crippen LogP contribution is -2.26. The fraction of sp³-hybridized carbons (Fsp3) is 0.125. The Balaban J connectivity index is 1.45. The zero-order valence-corrected chi connectivity index (χ0v) is 17.9. The third-order valence-electron chi connectivity index (χ3n) is 5.16. The van der Waals surface area contributed by atoms with Gasteiger partial charge in [-0.15, -0.1) is 0 Å². The molecule has 158 valence electrons. The molecule has 7 heteroatoms. The molecule has 31 heavy (non-hydrogen) atoms. The van der Waals surface area contributed by atoms with E-state index in [9.17, 15) is 13.2 Å². The van der Waals surface area contributed by atoms with Crippen molar-refractivity contribution < 1.29 is 13.2 Å². The molecule has 1 N–H and O–H groups in total. The Morgan fingerprint density at radius 1 is 0.935 bits per heavy atom. The van der Waals surface area contributed by atoms with Crippen LogP contribution in [0.15, 0.2) is 96.0 Å². The van der Waals surface area contributed by atoms with Crippen molar-refractivity contribution in [1.29, 1.82) is 0 Å². The molecule has 1 amide bonds. The van der Waals surface area contributed by atoms with Crippen molar-refractivity contribution in [1.82, 2.24) is 4.57 Å². The highest BCUT2D eigenvalue weighted by atomic mass is 32.2. The van der Waals surface area contributed by atoms with Crippen LogP contribution in [0.25, 0.3) is 10.9 Å². The fourth-order valence-corrected chi connectivity index (χ4v) is 4.69. The molecule has 0 bridgehead atoms. The van der Waals surface area contributed by atoms with E-state index in [-0.39, 0.29) is 17.2 Å². The Kier molecular flexibility index (Phi) is 5.77. The van der Waals surface area contributed by atoms with Crippen LogP contribution in [0.3, 0.4) is 0 Å². The second-order valence-electron chi connectivity index (χ2n) is 7.20. The van der Waals surface area contributed by atoms with Crippen LogP contribution in [-0.4, -0.2) is 25.9 Å². The number of nitrogens with one attached hydrogen (secondary N) is 1. The Labute approximate surface area is 181 Å². The number of sulfonamides is 1. The van der Waals surface area contributed by atoms with Gasteiger partial charge in [-0.05, 0) is 47.9 Å². The maximum Gasteiger partial charge on any atom is 0.264 e. The van der Waals surface area contributed by atoms with Crippen LogP contribution in [0.1, 0.15) is 6.42 Å². The first-order chi connectivity index (χ1) is 14.9. The van der Waals surface area contributed by atoms with Gasteiger partial charge in [0.1, 0.15) is 0 Å². The summed E-state index contributed by atoms with van der Waals surface area (Å²) in [7, 11) is -2.23.